The van der Waals surface area contributed by atoms with Crippen molar-refractivity contribution in [2.24, 2.45) is 5.92 Å². The highest BCUT2D eigenvalue weighted by atomic mass is 28.4. The molecule has 302 valence electrons. The zero-order chi connectivity index (χ0) is 41.4. The van der Waals surface area contributed by atoms with Crippen molar-refractivity contribution in [3.8, 4) is 22.9 Å². The Balaban J connectivity index is 1.32. The molecule has 1 N–H and O–H groups in total. The van der Waals surface area contributed by atoms with Gasteiger partial charge in [0, 0.05) is 53.9 Å². The number of amides is 2. The summed E-state index contributed by atoms with van der Waals surface area (Å²) in [6.07, 6.45) is 2.05. The van der Waals surface area contributed by atoms with E-state index in [1.54, 1.807) is 85.0 Å². The number of aliphatic hydroxyl groups excluding tert-OH is 1. The van der Waals surface area contributed by atoms with E-state index in [4.69, 9.17) is 14.2 Å². The summed E-state index contributed by atoms with van der Waals surface area (Å²) in [6.45, 7) is 5.06. The number of methoxy groups -OCH3 is 2. The lowest BCUT2D eigenvalue weighted by Crippen LogP contribution is -2.45. The first-order valence-electron chi connectivity index (χ1n) is 19.2. The Hall–Kier alpha value is -5.83. The van der Waals surface area contributed by atoms with Crippen molar-refractivity contribution in [2.75, 3.05) is 32.3 Å². The summed E-state index contributed by atoms with van der Waals surface area (Å²) in [5, 5.41) is 9.92. The van der Waals surface area contributed by atoms with Gasteiger partial charge in [-0.2, -0.15) is 0 Å². The minimum Gasteiger partial charge on any atom is -0.491 e. The van der Waals surface area contributed by atoms with Gasteiger partial charge in [0.2, 0.25) is 14.3 Å². The molecule has 0 aliphatic carbocycles. The third-order valence-electron chi connectivity index (χ3n) is 11.3. The van der Waals surface area contributed by atoms with Crippen LogP contribution in [0.15, 0.2) is 119 Å². The molecule has 14 heteroatoms. The van der Waals surface area contributed by atoms with E-state index in [2.05, 4.69) is 0 Å². The highest BCUT2D eigenvalue weighted by molar-refractivity contribution is 6.72. The summed E-state index contributed by atoms with van der Waals surface area (Å²) in [4.78, 5) is 59.1. The van der Waals surface area contributed by atoms with Crippen LogP contribution in [0.3, 0.4) is 0 Å². The number of halogens is 1. The van der Waals surface area contributed by atoms with E-state index in [1.165, 1.54) is 28.3 Å². The highest BCUT2D eigenvalue weighted by Gasteiger charge is 2.67. The molecule has 2 aliphatic heterocycles. The monoisotopic (exact) mass is 806 g/mol. The van der Waals surface area contributed by atoms with Gasteiger partial charge in [-0.05, 0) is 78.8 Å². The van der Waals surface area contributed by atoms with Crippen LogP contribution in [0.25, 0.3) is 11.4 Å². The van der Waals surface area contributed by atoms with Crippen LogP contribution in [0.1, 0.15) is 30.0 Å². The molecule has 0 bridgehead atoms. The van der Waals surface area contributed by atoms with E-state index in [0.29, 0.717) is 28.2 Å². The van der Waals surface area contributed by atoms with E-state index in [9.17, 15) is 19.5 Å². The Morgan fingerprint density at radius 1 is 0.845 bits per heavy atom. The summed E-state index contributed by atoms with van der Waals surface area (Å²) >= 11 is 0. The predicted octanol–water partition coefficient (Wildman–Crippen LogP) is 5.74. The second-order valence-electron chi connectivity index (χ2n) is 15.3. The molecule has 0 saturated carbocycles. The average Bonchev–Trinajstić information content (AvgIpc) is 3.63. The summed E-state index contributed by atoms with van der Waals surface area (Å²) in [5.41, 5.74) is 0.275. The molecule has 12 nitrogen and oxygen atoms in total. The molecule has 2 amide bonds. The van der Waals surface area contributed by atoms with Gasteiger partial charge >= 0.3 is 0 Å². The fourth-order valence-electron chi connectivity index (χ4n) is 8.71. The van der Waals surface area contributed by atoms with Gasteiger partial charge < -0.3 is 33.2 Å². The molecule has 2 aliphatic rings. The van der Waals surface area contributed by atoms with Crippen LogP contribution in [-0.4, -0.2) is 72.8 Å². The van der Waals surface area contributed by atoms with Crippen LogP contribution in [-0.2, 0) is 33.0 Å². The number of hydrogen-bond acceptors (Lipinski definition) is 8. The van der Waals surface area contributed by atoms with E-state index in [1.807, 2.05) is 49.4 Å². The Labute approximate surface area is 336 Å². The van der Waals surface area contributed by atoms with Crippen LogP contribution >= 0.6 is 0 Å². The number of anilines is 1. The zero-order valence-electron chi connectivity index (χ0n) is 33.1. The van der Waals surface area contributed by atoms with Crippen molar-refractivity contribution >= 4 is 25.9 Å². The van der Waals surface area contributed by atoms with Crippen molar-refractivity contribution < 1.29 is 33.0 Å². The molecule has 1 spiro atoms. The molecule has 1 saturated heterocycles. The van der Waals surface area contributed by atoms with E-state index in [0.717, 1.165) is 5.56 Å². The Morgan fingerprint density at radius 2 is 1.47 bits per heavy atom. The number of fused-ring (bicyclic) bond motifs is 2. The first-order chi connectivity index (χ1) is 27.8. The molecule has 0 unspecified atom stereocenters. The van der Waals surface area contributed by atoms with Gasteiger partial charge in [0.1, 0.15) is 0 Å². The minimum absolute atomic E-state index is 0.0669. The second-order valence-corrected chi connectivity index (χ2v) is 19.1. The molecule has 0 radical (unpaired) electrons. The molecular weight excluding hydrogens is 760 g/mol. The van der Waals surface area contributed by atoms with Crippen LogP contribution in [0.2, 0.25) is 18.6 Å². The molecule has 7 rings (SSSR count). The Bertz CT molecular complexity index is 2450. The van der Waals surface area contributed by atoms with Crippen LogP contribution in [0, 0.1) is 5.92 Å². The topological polar surface area (TPSA) is 133 Å². The van der Waals surface area contributed by atoms with Gasteiger partial charge in [0.25, 0.3) is 17.0 Å². The third kappa shape index (κ3) is 7.27. The second kappa shape index (κ2) is 16.2. The van der Waals surface area contributed by atoms with Crippen molar-refractivity contribution in [2.45, 2.75) is 56.8 Å². The number of rotatable bonds is 13. The normalized spacial score (nSPS) is 20.0. The minimum atomic E-state index is -3.67. The molecule has 3 aromatic carbocycles. The maximum atomic E-state index is 16.8. The number of ether oxygens (including phenoxy) is 3. The van der Waals surface area contributed by atoms with Crippen LogP contribution < -0.4 is 25.5 Å². The lowest BCUT2D eigenvalue weighted by Gasteiger charge is -2.31. The zero-order valence-corrected chi connectivity index (χ0v) is 34.1. The number of carbonyl (C=O) groups is 2. The van der Waals surface area contributed by atoms with Gasteiger partial charge in [0.05, 0.1) is 45.6 Å². The van der Waals surface area contributed by atoms with Crippen molar-refractivity contribution in [3.05, 3.63) is 147 Å². The summed E-state index contributed by atoms with van der Waals surface area (Å²) in [7, 11) is -0.831. The number of carbonyl (C=O) groups excluding carboxylic acids is 2. The molecular formula is C44H47FN4O8Si. The van der Waals surface area contributed by atoms with E-state index < -0.39 is 43.0 Å². The van der Waals surface area contributed by atoms with Gasteiger partial charge in [0.15, 0.2) is 17.1 Å². The largest absolute Gasteiger partial charge is 0.491 e. The summed E-state index contributed by atoms with van der Waals surface area (Å²) in [6, 6.07) is 28.4. The first kappa shape index (κ1) is 40.4. The number of aliphatic hydroxyl groups is 1. The maximum Gasteiger partial charge on any atom is 0.297 e. The standard InChI is InChI=1S/C44H47FN4O8Si/c1-29-40(58(4,5)45)38(26-39(51)46(22-23-50)27-30-12-7-6-8-13-30)57-44(29)34-25-33(48-21-11-17-37(56-3)42(48)53)18-19-35(34)49(43(44)54)28-31-14-9-15-32(24-31)47-20-10-16-36(55-2)41(47)52/h6-21,24-25,29,38,40,50H,22-23,26-28H2,1-5H3/t29-,38+,40-,44+/m0/s1. The van der Waals surface area contributed by atoms with E-state index in [-0.39, 0.29) is 55.6 Å². The van der Waals surface area contributed by atoms with Gasteiger partial charge in [-0.25, -0.2) is 0 Å². The smallest absolute Gasteiger partial charge is 0.297 e. The fourth-order valence-corrected chi connectivity index (χ4v) is 11.2. The Kier molecular flexibility index (Phi) is 11.3. The average molecular weight is 807 g/mol. The highest BCUT2D eigenvalue weighted by Crippen LogP contribution is 2.60. The molecule has 2 aromatic heterocycles. The number of hydrogen-bond donors (Lipinski definition) is 1. The number of benzene rings is 3. The lowest BCUT2D eigenvalue weighted by atomic mass is 9.82. The molecule has 5 aromatic rings. The Morgan fingerprint density at radius 3 is 2.07 bits per heavy atom. The van der Waals surface area contributed by atoms with Crippen molar-refractivity contribution in [1.82, 2.24) is 14.0 Å². The molecule has 58 heavy (non-hydrogen) atoms. The van der Waals surface area contributed by atoms with Gasteiger partial charge in [-0.3, -0.25) is 28.3 Å². The third-order valence-corrected chi connectivity index (χ3v) is 13.8. The van der Waals surface area contributed by atoms with Crippen LogP contribution in [0.4, 0.5) is 9.80 Å². The summed E-state index contributed by atoms with van der Waals surface area (Å²) < 4.78 is 37.1. The van der Waals surface area contributed by atoms with Gasteiger partial charge in [-0.1, -0.05) is 49.4 Å². The quantitative estimate of drug-likeness (QED) is 0.118. The van der Waals surface area contributed by atoms with Crippen LogP contribution in [0.5, 0.6) is 11.5 Å². The molecule has 4 atom stereocenters. The predicted molar refractivity (Wildman–Crippen MR) is 220 cm³/mol. The first-order valence-corrected chi connectivity index (χ1v) is 22.1. The van der Waals surface area contributed by atoms with Crippen molar-refractivity contribution in [3.63, 3.8) is 0 Å². The number of aromatic nitrogens is 2. The maximum absolute atomic E-state index is 16.8. The number of pyridine rings is 2. The van der Waals surface area contributed by atoms with Crippen molar-refractivity contribution in [1.29, 1.82) is 0 Å². The lowest BCUT2D eigenvalue weighted by molar-refractivity contribution is -0.150. The fraction of sp³-hybridized carbons (Fsp3) is 0.318. The molecule has 1 fully saturated rings. The van der Waals surface area contributed by atoms with Gasteiger partial charge in [-0.15, -0.1) is 0 Å². The number of nitrogens with zero attached hydrogens (tertiary/aromatic N) is 4. The summed E-state index contributed by atoms with van der Waals surface area (Å²) in [5.74, 6) is -1.18. The SMILES string of the molecule is COc1cccn(-c2cccc(CN3C(=O)[C@]4(O[C@H](CC(=O)N(CCO)Cc5ccccc5)[C@@H]([Si](C)(C)F)[C@@H]4C)c4cc(-n5cccc(OC)c5=O)ccc43)c2)c1=O. The van der Waals surface area contributed by atoms with E-state index >= 15 is 8.90 Å². The molecule has 4 heterocycles.